The van der Waals surface area contributed by atoms with E-state index < -0.39 is 0 Å². The first-order valence-corrected chi connectivity index (χ1v) is 16.8. The summed E-state index contributed by atoms with van der Waals surface area (Å²) in [5, 5.41) is 46.1. The molecule has 240 valence electrons. The number of piperazine rings is 1. The van der Waals surface area contributed by atoms with E-state index in [0.717, 1.165) is 88.5 Å². The Balaban J connectivity index is 0.000000150. The fourth-order valence-electron chi connectivity index (χ4n) is 5.27. The van der Waals surface area contributed by atoms with E-state index in [1.807, 2.05) is 54.9 Å². The number of aromatic nitrogens is 8. The van der Waals surface area contributed by atoms with Gasteiger partial charge in [-0.15, -0.1) is 20.4 Å². The number of benzene rings is 2. The molecule has 0 unspecified atom stereocenters. The lowest BCUT2D eigenvalue weighted by Crippen LogP contribution is -2.43. The van der Waals surface area contributed by atoms with Gasteiger partial charge in [0.2, 0.25) is 5.13 Å². The second-order valence-corrected chi connectivity index (χ2v) is 12.6. The lowest BCUT2D eigenvalue weighted by atomic mass is 10.1. The highest BCUT2D eigenvalue weighted by molar-refractivity contribution is 7.18. The van der Waals surface area contributed by atoms with Crippen molar-refractivity contribution in [2.45, 2.75) is 6.42 Å². The van der Waals surface area contributed by atoms with Crippen LogP contribution >= 0.6 is 22.7 Å². The van der Waals surface area contributed by atoms with E-state index >= 15 is 0 Å². The molecule has 0 radical (unpaired) electrons. The molecule has 0 amide bonds. The molecule has 6 aromatic rings. The van der Waals surface area contributed by atoms with Crippen LogP contribution in [0.25, 0.3) is 38.1 Å². The van der Waals surface area contributed by atoms with E-state index in [4.69, 9.17) is 4.74 Å². The van der Waals surface area contributed by atoms with E-state index in [-0.39, 0.29) is 5.75 Å². The van der Waals surface area contributed by atoms with Gasteiger partial charge in [-0.3, -0.25) is 0 Å². The maximum Gasteiger partial charge on any atom is 0.208 e. The molecular weight excluding hydrogens is 635 g/mol. The Morgan fingerprint density at radius 1 is 0.766 bits per heavy atom. The third-order valence-electron chi connectivity index (χ3n) is 7.73. The molecule has 0 saturated carbocycles. The van der Waals surface area contributed by atoms with Crippen LogP contribution in [0.15, 0.2) is 79.4 Å². The van der Waals surface area contributed by atoms with Crippen molar-refractivity contribution in [1.29, 1.82) is 0 Å². The Bertz CT molecular complexity index is 1950. The zero-order chi connectivity index (χ0) is 32.0. The molecule has 2 aliphatic rings. The minimum Gasteiger partial charge on any atom is -0.507 e. The summed E-state index contributed by atoms with van der Waals surface area (Å²) in [6, 6.07) is 15.2. The molecule has 0 bridgehead atoms. The van der Waals surface area contributed by atoms with Gasteiger partial charge in [-0.05, 0) is 54.9 Å². The maximum atomic E-state index is 10.3. The van der Waals surface area contributed by atoms with Crippen molar-refractivity contribution in [3.05, 3.63) is 84.4 Å². The van der Waals surface area contributed by atoms with E-state index in [9.17, 15) is 5.11 Å². The van der Waals surface area contributed by atoms with Crippen LogP contribution in [0.1, 0.15) is 11.4 Å². The molecule has 15 heteroatoms. The fraction of sp³-hybridized carbons (Fsp3) is 0.250. The van der Waals surface area contributed by atoms with E-state index in [0.29, 0.717) is 5.56 Å². The van der Waals surface area contributed by atoms with Crippen molar-refractivity contribution in [3.8, 4) is 44.0 Å². The van der Waals surface area contributed by atoms with E-state index in [1.165, 1.54) is 16.9 Å². The van der Waals surface area contributed by atoms with Gasteiger partial charge >= 0.3 is 0 Å². The number of phenolic OH excluding ortho intramolecular Hbond substituents is 1. The number of hydrogen-bond acceptors (Lipinski definition) is 13. The number of nitrogens with zero attached hydrogens (tertiary/aromatic N) is 9. The number of anilines is 1. The highest BCUT2D eigenvalue weighted by Crippen LogP contribution is 2.37. The average Bonchev–Trinajstić information content (AvgIpc) is 3.97. The first-order chi connectivity index (χ1) is 23.2. The maximum absolute atomic E-state index is 10.3. The predicted molar refractivity (Wildman–Crippen MR) is 184 cm³/mol. The summed E-state index contributed by atoms with van der Waals surface area (Å²) in [6.45, 7) is 5.66. The monoisotopic (exact) mass is 667 g/mol. The molecule has 0 spiro atoms. The van der Waals surface area contributed by atoms with Gasteiger partial charge < -0.3 is 25.4 Å². The Morgan fingerprint density at radius 3 is 2.11 bits per heavy atom. The van der Waals surface area contributed by atoms with Gasteiger partial charge in [0.1, 0.15) is 16.5 Å². The zero-order valence-electron chi connectivity index (χ0n) is 25.7. The van der Waals surface area contributed by atoms with Gasteiger partial charge in [0.25, 0.3) is 0 Å². The van der Waals surface area contributed by atoms with Crippen molar-refractivity contribution >= 4 is 33.4 Å². The Morgan fingerprint density at radius 2 is 1.45 bits per heavy atom. The van der Waals surface area contributed by atoms with Crippen LogP contribution in [0.2, 0.25) is 0 Å². The number of phenols is 1. The molecule has 4 aromatic heterocycles. The molecule has 3 N–H and O–H groups in total. The predicted octanol–water partition coefficient (Wildman–Crippen LogP) is 4.28. The molecule has 2 aliphatic heterocycles. The van der Waals surface area contributed by atoms with Crippen LogP contribution < -0.4 is 20.3 Å². The Kier molecular flexibility index (Phi) is 9.28. The quantitative estimate of drug-likeness (QED) is 0.224. The first kappa shape index (κ1) is 30.7. The molecule has 6 heterocycles. The summed E-state index contributed by atoms with van der Waals surface area (Å²) >= 11 is 3.11. The minimum absolute atomic E-state index is 0.181. The smallest absolute Gasteiger partial charge is 0.208 e. The van der Waals surface area contributed by atoms with Gasteiger partial charge in [-0.25, -0.2) is 9.36 Å². The third kappa shape index (κ3) is 6.92. The summed E-state index contributed by atoms with van der Waals surface area (Å²) in [5.74, 6) is 0.950. The summed E-state index contributed by atoms with van der Waals surface area (Å²) in [5.41, 5.74) is 4.67. The van der Waals surface area contributed by atoms with Gasteiger partial charge in [0, 0.05) is 69.6 Å². The van der Waals surface area contributed by atoms with Gasteiger partial charge in [-0.1, -0.05) is 28.7 Å². The number of nitrogens with one attached hydrogen (secondary N) is 2. The lowest BCUT2D eigenvalue weighted by molar-refractivity contribution is 0.416. The van der Waals surface area contributed by atoms with Crippen LogP contribution in [0, 0.1) is 0 Å². The van der Waals surface area contributed by atoms with Gasteiger partial charge in [0.15, 0.2) is 10.0 Å². The molecule has 13 nitrogen and oxygen atoms in total. The van der Waals surface area contributed by atoms with Crippen LogP contribution in [-0.2, 0) is 0 Å². The highest BCUT2D eigenvalue weighted by Gasteiger charge is 2.18. The number of methoxy groups -OCH3 is 1. The van der Waals surface area contributed by atoms with Crippen LogP contribution in [0.3, 0.4) is 0 Å². The second-order valence-electron chi connectivity index (χ2n) is 10.7. The largest absolute Gasteiger partial charge is 0.507 e. The van der Waals surface area contributed by atoms with Crippen LogP contribution in [0.4, 0.5) is 5.13 Å². The standard InChI is InChI=1S/C17H17N5OS.C15H16N6OS/c1-23-15-11-13(22-10-2-7-19-22)3-4-14(15)17-21-20-16(24-17)12-5-8-18-9-6-12;22-13-10-11(21-7-1-4-17-21)2-3-12(13)14-18-19-15(23-14)20-8-5-16-6-9-20/h2-5,7,10-11,18H,6,8-9H2,1H3;1-4,7,10,16,22H,5-6,8-9H2. The van der Waals surface area contributed by atoms with Crippen molar-refractivity contribution in [2.75, 3.05) is 51.3 Å². The summed E-state index contributed by atoms with van der Waals surface area (Å²) < 4.78 is 9.07. The van der Waals surface area contributed by atoms with Crippen molar-refractivity contribution < 1.29 is 9.84 Å². The van der Waals surface area contributed by atoms with Crippen molar-refractivity contribution in [3.63, 3.8) is 0 Å². The fourth-order valence-corrected chi connectivity index (χ4v) is 7.14. The summed E-state index contributed by atoms with van der Waals surface area (Å²) in [4.78, 5) is 2.22. The minimum atomic E-state index is 0.181. The molecule has 8 rings (SSSR count). The third-order valence-corrected chi connectivity index (χ3v) is 9.78. The molecule has 1 fully saturated rings. The van der Waals surface area contributed by atoms with Gasteiger partial charge in [-0.2, -0.15) is 10.2 Å². The number of rotatable bonds is 7. The lowest BCUT2D eigenvalue weighted by Gasteiger charge is -2.26. The second kappa shape index (κ2) is 14.2. The summed E-state index contributed by atoms with van der Waals surface area (Å²) in [7, 11) is 1.67. The number of hydrogen-bond donors (Lipinski definition) is 3. The molecule has 0 aliphatic carbocycles. The SMILES string of the molecule is COc1cc(-n2cccn2)ccc1-c1nnc(C2=CCNCC2)s1.Oc1cc(-n2cccn2)ccc1-c1nnc(N2CCNCC2)s1. The van der Waals surface area contributed by atoms with Crippen LogP contribution in [-0.4, -0.2) is 91.4 Å². The highest BCUT2D eigenvalue weighted by atomic mass is 32.1. The topological polar surface area (TPSA) is 144 Å². The summed E-state index contributed by atoms with van der Waals surface area (Å²) in [6.07, 6.45) is 10.4. The van der Waals surface area contributed by atoms with Gasteiger partial charge in [0.05, 0.1) is 29.6 Å². The molecule has 2 aromatic carbocycles. The van der Waals surface area contributed by atoms with Crippen LogP contribution in [0.5, 0.6) is 11.5 Å². The molecule has 1 saturated heterocycles. The molecule has 0 atom stereocenters. The van der Waals surface area contributed by atoms with E-state index in [1.54, 1.807) is 46.3 Å². The Labute approximate surface area is 279 Å². The molecular formula is C32H33N11O2S2. The average molecular weight is 668 g/mol. The normalized spacial score (nSPS) is 14.7. The number of ether oxygens (including phenoxy) is 1. The molecule has 47 heavy (non-hydrogen) atoms. The zero-order valence-corrected chi connectivity index (χ0v) is 27.3. The van der Waals surface area contributed by atoms with Crippen molar-refractivity contribution in [2.24, 2.45) is 0 Å². The van der Waals surface area contributed by atoms with E-state index in [2.05, 4.69) is 52.2 Å². The number of aromatic hydroxyl groups is 1. The van der Waals surface area contributed by atoms with Crippen molar-refractivity contribution in [1.82, 2.24) is 50.6 Å². The Hall–Kier alpha value is -4.96. The first-order valence-electron chi connectivity index (χ1n) is 15.2.